The molecule has 0 aromatic carbocycles. The summed E-state index contributed by atoms with van der Waals surface area (Å²) in [5.74, 6) is -1.04. The van der Waals surface area contributed by atoms with Crippen LogP contribution in [0.15, 0.2) is 0 Å². The summed E-state index contributed by atoms with van der Waals surface area (Å²) >= 11 is 0. The van der Waals surface area contributed by atoms with Crippen molar-refractivity contribution in [1.29, 1.82) is 0 Å². The van der Waals surface area contributed by atoms with E-state index in [4.69, 9.17) is 9.47 Å². The maximum atomic E-state index is 11.8. The number of Topliss-reactive ketones (excluding diaryl/α,β-unsaturated/α-hetero) is 1. The first-order chi connectivity index (χ1) is 7.70. The van der Waals surface area contributed by atoms with E-state index in [1.54, 1.807) is 0 Å². The second-order valence-corrected chi connectivity index (χ2v) is 4.30. The average molecular weight is 228 g/mol. The molecule has 4 heteroatoms. The maximum Gasteiger partial charge on any atom is 0.316 e. The predicted molar refractivity (Wildman–Crippen MR) is 59.0 cm³/mol. The quantitative estimate of drug-likeness (QED) is 0.529. The molecule has 0 aliphatic heterocycles. The molecule has 0 amide bonds. The standard InChI is InChI=1S/C12H20O4/c1-15-8-10(13)11(12(14)16-2)9-6-4-3-5-7-9/h9,11H,3-8H2,1-2H3. The van der Waals surface area contributed by atoms with Gasteiger partial charge in [-0.25, -0.2) is 0 Å². The SMILES string of the molecule is COCC(=O)C(C(=O)OC)C1CCCCC1. The van der Waals surface area contributed by atoms with E-state index < -0.39 is 11.9 Å². The van der Waals surface area contributed by atoms with Crippen molar-refractivity contribution in [3.63, 3.8) is 0 Å². The van der Waals surface area contributed by atoms with Crippen LogP contribution >= 0.6 is 0 Å². The summed E-state index contributed by atoms with van der Waals surface area (Å²) in [5, 5.41) is 0. The molecule has 1 unspecified atom stereocenters. The van der Waals surface area contributed by atoms with Gasteiger partial charge in [-0.05, 0) is 18.8 Å². The first kappa shape index (κ1) is 13.2. The lowest BCUT2D eigenvalue weighted by molar-refractivity contribution is -0.153. The van der Waals surface area contributed by atoms with Crippen LogP contribution in [0.5, 0.6) is 0 Å². The summed E-state index contributed by atoms with van der Waals surface area (Å²) in [5.41, 5.74) is 0. The number of esters is 1. The van der Waals surface area contributed by atoms with Crippen LogP contribution in [-0.2, 0) is 19.1 Å². The zero-order valence-electron chi connectivity index (χ0n) is 10.0. The third-order valence-electron chi connectivity index (χ3n) is 3.21. The van der Waals surface area contributed by atoms with Crippen molar-refractivity contribution in [3.8, 4) is 0 Å². The molecule has 4 nitrogen and oxygen atoms in total. The van der Waals surface area contributed by atoms with Crippen LogP contribution in [0.2, 0.25) is 0 Å². The summed E-state index contributed by atoms with van der Waals surface area (Å²) in [4.78, 5) is 23.4. The van der Waals surface area contributed by atoms with Crippen LogP contribution < -0.4 is 0 Å². The number of ether oxygens (including phenoxy) is 2. The molecule has 0 radical (unpaired) electrons. The largest absolute Gasteiger partial charge is 0.468 e. The number of methoxy groups -OCH3 is 2. The first-order valence-corrected chi connectivity index (χ1v) is 5.80. The van der Waals surface area contributed by atoms with Crippen LogP contribution in [-0.4, -0.2) is 32.6 Å². The molecule has 0 heterocycles. The Hall–Kier alpha value is -0.900. The molecule has 0 saturated heterocycles. The lowest BCUT2D eigenvalue weighted by atomic mass is 9.78. The Morgan fingerprint density at radius 3 is 2.31 bits per heavy atom. The normalized spacial score (nSPS) is 19.1. The molecule has 1 rings (SSSR count). The lowest BCUT2D eigenvalue weighted by Gasteiger charge is -2.27. The molecule has 1 aliphatic rings. The smallest absolute Gasteiger partial charge is 0.316 e. The fraction of sp³-hybridized carbons (Fsp3) is 0.833. The monoisotopic (exact) mass is 228 g/mol. The Morgan fingerprint density at radius 2 is 1.81 bits per heavy atom. The van der Waals surface area contributed by atoms with Crippen molar-refractivity contribution >= 4 is 11.8 Å². The molecule has 0 aromatic rings. The third kappa shape index (κ3) is 3.30. The number of hydrogen-bond donors (Lipinski definition) is 0. The van der Waals surface area contributed by atoms with E-state index in [0.717, 1.165) is 25.7 Å². The van der Waals surface area contributed by atoms with Crippen molar-refractivity contribution in [1.82, 2.24) is 0 Å². The summed E-state index contributed by atoms with van der Waals surface area (Å²) in [6, 6.07) is 0. The zero-order chi connectivity index (χ0) is 12.0. The summed E-state index contributed by atoms with van der Waals surface area (Å²) in [7, 11) is 2.80. The number of carbonyl (C=O) groups is 2. The van der Waals surface area contributed by atoms with Crippen LogP contribution in [0.1, 0.15) is 32.1 Å². The van der Waals surface area contributed by atoms with E-state index in [0.29, 0.717) is 0 Å². The van der Waals surface area contributed by atoms with E-state index in [1.165, 1.54) is 20.6 Å². The van der Waals surface area contributed by atoms with E-state index in [-0.39, 0.29) is 18.3 Å². The summed E-state index contributed by atoms with van der Waals surface area (Å²) < 4.78 is 9.53. The van der Waals surface area contributed by atoms with Crippen molar-refractivity contribution in [2.45, 2.75) is 32.1 Å². The molecule has 1 fully saturated rings. The van der Waals surface area contributed by atoms with Crippen molar-refractivity contribution in [3.05, 3.63) is 0 Å². The van der Waals surface area contributed by atoms with Gasteiger partial charge in [0, 0.05) is 7.11 Å². The fourth-order valence-corrected chi connectivity index (χ4v) is 2.41. The van der Waals surface area contributed by atoms with Gasteiger partial charge in [-0.15, -0.1) is 0 Å². The van der Waals surface area contributed by atoms with Crippen LogP contribution in [0.25, 0.3) is 0 Å². The molecule has 16 heavy (non-hydrogen) atoms. The molecular formula is C12H20O4. The Balaban J connectivity index is 2.68. The highest BCUT2D eigenvalue weighted by Crippen LogP contribution is 2.31. The Morgan fingerprint density at radius 1 is 1.19 bits per heavy atom. The minimum absolute atomic E-state index is 0.00370. The maximum absolute atomic E-state index is 11.8. The number of rotatable bonds is 5. The molecule has 1 atom stereocenters. The van der Waals surface area contributed by atoms with E-state index in [2.05, 4.69) is 0 Å². The van der Waals surface area contributed by atoms with E-state index in [1.807, 2.05) is 0 Å². The van der Waals surface area contributed by atoms with E-state index in [9.17, 15) is 9.59 Å². The first-order valence-electron chi connectivity index (χ1n) is 5.80. The van der Waals surface area contributed by atoms with Crippen molar-refractivity contribution in [2.24, 2.45) is 11.8 Å². The third-order valence-corrected chi connectivity index (χ3v) is 3.21. The second kappa shape index (κ2) is 6.63. The van der Waals surface area contributed by atoms with Gasteiger partial charge in [0.05, 0.1) is 7.11 Å². The van der Waals surface area contributed by atoms with Gasteiger partial charge in [-0.2, -0.15) is 0 Å². The van der Waals surface area contributed by atoms with Gasteiger partial charge in [0.1, 0.15) is 12.5 Å². The second-order valence-electron chi connectivity index (χ2n) is 4.30. The highest BCUT2D eigenvalue weighted by Gasteiger charge is 2.35. The molecule has 0 N–H and O–H groups in total. The number of carbonyl (C=O) groups excluding carboxylic acids is 2. The molecule has 1 saturated carbocycles. The lowest BCUT2D eigenvalue weighted by Crippen LogP contribution is -2.35. The van der Waals surface area contributed by atoms with Gasteiger partial charge < -0.3 is 9.47 Å². The minimum atomic E-state index is -0.620. The predicted octanol–water partition coefficient (Wildman–Crippen LogP) is 1.57. The van der Waals surface area contributed by atoms with Gasteiger partial charge in [0.2, 0.25) is 0 Å². The zero-order valence-corrected chi connectivity index (χ0v) is 10.0. The molecular weight excluding hydrogens is 208 g/mol. The fourth-order valence-electron chi connectivity index (χ4n) is 2.41. The average Bonchev–Trinajstić information content (AvgIpc) is 2.31. The number of ketones is 1. The molecule has 0 spiro atoms. The Kier molecular flexibility index (Phi) is 5.46. The van der Waals surface area contributed by atoms with Gasteiger partial charge in [-0.3, -0.25) is 9.59 Å². The van der Waals surface area contributed by atoms with Crippen molar-refractivity contribution in [2.75, 3.05) is 20.8 Å². The molecule has 0 aromatic heterocycles. The topological polar surface area (TPSA) is 52.6 Å². The Bertz CT molecular complexity index is 243. The molecule has 1 aliphatic carbocycles. The highest BCUT2D eigenvalue weighted by molar-refractivity contribution is 5.99. The van der Waals surface area contributed by atoms with Gasteiger partial charge in [0.15, 0.2) is 5.78 Å². The van der Waals surface area contributed by atoms with Crippen LogP contribution in [0.3, 0.4) is 0 Å². The highest BCUT2D eigenvalue weighted by atomic mass is 16.5. The molecule has 92 valence electrons. The Labute approximate surface area is 96.3 Å². The van der Waals surface area contributed by atoms with Gasteiger partial charge in [0.25, 0.3) is 0 Å². The van der Waals surface area contributed by atoms with Gasteiger partial charge in [-0.1, -0.05) is 19.3 Å². The van der Waals surface area contributed by atoms with Crippen molar-refractivity contribution < 1.29 is 19.1 Å². The van der Waals surface area contributed by atoms with Crippen LogP contribution in [0, 0.1) is 11.8 Å². The van der Waals surface area contributed by atoms with Crippen LogP contribution in [0.4, 0.5) is 0 Å². The number of hydrogen-bond acceptors (Lipinski definition) is 4. The van der Waals surface area contributed by atoms with Gasteiger partial charge >= 0.3 is 5.97 Å². The minimum Gasteiger partial charge on any atom is -0.468 e. The summed E-state index contributed by atoms with van der Waals surface area (Å²) in [6.45, 7) is -0.00370. The summed E-state index contributed by atoms with van der Waals surface area (Å²) in [6.07, 6.45) is 5.27. The van der Waals surface area contributed by atoms with E-state index >= 15 is 0 Å². The molecule has 0 bridgehead atoms.